The fraction of sp³-hybridized carbons (Fsp3) is 0.579. The summed E-state index contributed by atoms with van der Waals surface area (Å²) >= 11 is 1.88. The molecule has 5 heteroatoms. The molecule has 1 heterocycles. The highest BCUT2D eigenvalue weighted by molar-refractivity contribution is 8.00. The van der Waals surface area contributed by atoms with E-state index in [1.807, 2.05) is 11.8 Å². The van der Waals surface area contributed by atoms with Crippen molar-refractivity contribution in [1.29, 1.82) is 0 Å². The van der Waals surface area contributed by atoms with Crippen LogP contribution in [0, 0.1) is 6.92 Å². The fourth-order valence-electron chi connectivity index (χ4n) is 3.98. The third kappa shape index (κ3) is 2.88. The van der Waals surface area contributed by atoms with Gasteiger partial charge in [-0.05, 0) is 44.7 Å². The second-order valence-corrected chi connectivity index (χ2v) is 8.86. The Morgan fingerprint density at radius 2 is 1.62 bits per heavy atom. The van der Waals surface area contributed by atoms with Gasteiger partial charge in [-0.25, -0.2) is 0 Å². The number of rotatable bonds is 4. The quantitative estimate of drug-likeness (QED) is 0.874. The average Bonchev–Trinajstić information content (AvgIpc) is 3.30. The van der Waals surface area contributed by atoms with Crippen LogP contribution in [0.25, 0.3) is 0 Å². The SMILES string of the molecule is Cc1ccc(SC2(c3nc(C4(N)CCCC4)no3)CCCC2)cc1. The zero-order chi connectivity index (χ0) is 16.6. The summed E-state index contributed by atoms with van der Waals surface area (Å²) in [6, 6.07) is 8.72. The number of hydrogen-bond donors (Lipinski definition) is 1. The van der Waals surface area contributed by atoms with Gasteiger partial charge < -0.3 is 10.3 Å². The second kappa shape index (κ2) is 6.19. The molecule has 24 heavy (non-hydrogen) atoms. The third-order valence-corrected chi connectivity index (χ3v) is 6.98. The predicted octanol–water partition coefficient (Wildman–Crippen LogP) is 4.67. The molecule has 0 atom stereocenters. The molecule has 2 saturated carbocycles. The van der Waals surface area contributed by atoms with E-state index in [9.17, 15) is 0 Å². The minimum Gasteiger partial charge on any atom is -0.338 e. The van der Waals surface area contributed by atoms with Crippen molar-refractivity contribution in [3.8, 4) is 0 Å². The van der Waals surface area contributed by atoms with Gasteiger partial charge >= 0.3 is 0 Å². The molecule has 128 valence electrons. The Kier molecular flexibility index (Phi) is 4.17. The fourth-order valence-corrected chi connectivity index (χ4v) is 5.36. The molecular weight excluding hydrogens is 318 g/mol. The lowest BCUT2D eigenvalue weighted by Gasteiger charge is -2.24. The van der Waals surface area contributed by atoms with E-state index in [1.165, 1.54) is 23.3 Å². The summed E-state index contributed by atoms with van der Waals surface area (Å²) in [6.07, 6.45) is 8.84. The van der Waals surface area contributed by atoms with E-state index in [1.54, 1.807) is 0 Å². The van der Waals surface area contributed by atoms with E-state index in [0.717, 1.165) is 44.4 Å². The summed E-state index contributed by atoms with van der Waals surface area (Å²) in [6.45, 7) is 2.12. The van der Waals surface area contributed by atoms with Crippen LogP contribution < -0.4 is 5.73 Å². The Morgan fingerprint density at radius 3 is 2.29 bits per heavy atom. The van der Waals surface area contributed by atoms with E-state index in [4.69, 9.17) is 15.2 Å². The molecule has 0 saturated heterocycles. The van der Waals surface area contributed by atoms with Gasteiger partial charge in [0, 0.05) is 4.90 Å². The van der Waals surface area contributed by atoms with Crippen molar-refractivity contribution < 1.29 is 4.52 Å². The first-order valence-electron chi connectivity index (χ1n) is 8.99. The van der Waals surface area contributed by atoms with Crippen LogP contribution in [0.3, 0.4) is 0 Å². The van der Waals surface area contributed by atoms with Crippen molar-refractivity contribution in [2.75, 3.05) is 0 Å². The Bertz CT molecular complexity index is 698. The molecule has 2 fully saturated rings. The maximum absolute atomic E-state index is 6.51. The molecule has 2 aromatic rings. The highest BCUT2D eigenvalue weighted by atomic mass is 32.2. The number of aromatic nitrogens is 2. The molecular formula is C19H25N3OS. The molecule has 0 aliphatic heterocycles. The monoisotopic (exact) mass is 343 g/mol. The first-order chi connectivity index (χ1) is 11.6. The van der Waals surface area contributed by atoms with Crippen LogP contribution >= 0.6 is 11.8 Å². The van der Waals surface area contributed by atoms with Crippen LogP contribution in [-0.2, 0) is 10.3 Å². The maximum atomic E-state index is 6.51. The summed E-state index contributed by atoms with van der Waals surface area (Å²) in [5.74, 6) is 1.49. The molecule has 0 bridgehead atoms. The normalized spacial score (nSPS) is 22.1. The molecule has 2 N–H and O–H groups in total. The summed E-state index contributed by atoms with van der Waals surface area (Å²) in [5.41, 5.74) is 7.42. The molecule has 4 nitrogen and oxygen atoms in total. The van der Waals surface area contributed by atoms with Gasteiger partial charge in [-0.3, -0.25) is 0 Å². The van der Waals surface area contributed by atoms with Gasteiger partial charge in [-0.1, -0.05) is 48.5 Å². The minimum atomic E-state index is -0.379. The van der Waals surface area contributed by atoms with E-state index in [2.05, 4.69) is 36.3 Å². The number of benzene rings is 1. The van der Waals surface area contributed by atoms with Gasteiger partial charge in [-0.15, -0.1) is 11.8 Å². The van der Waals surface area contributed by atoms with Crippen LogP contribution in [-0.4, -0.2) is 10.1 Å². The predicted molar refractivity (Wildman–Crippen MR) is 95.8 cm³/mol. The summed E-state index contributed by atoms with van der Waals surface area (Å²) in [7, 11) is 0. The topological polar surface area (TPSA) is 64.9 Å². The molecule has 4 rings (SSSR count). The lowest BCUT2D eigenvalue weighted by atomic mass is 9.98. The van der Waals surface area contributed by atoms with Crippen LogP contribution in [0.4, 0.5) is 0 Å². The smallest absolute Gasteiger partial charge is 0.243 e. The largest absolute Gasteiger partial charge is 0.338 e. The zero-order valence-corrected chi connectivity index (χ0v) is 15.1. The molecule has 0 spiro atoms. The zero-order valence-electron chi connectivity index (χ0n) is 14.3. The van der Waals surface area contributed by atoms with Crippen molar-refractivity contribution >= 4 is 11.8 Å². The van der Waals surface area contributed by atoms with Crippen molar-refractivity contribution in [2.45, 2.75) is 73.5 Å². The number of hydrogen-bond acceptors (Lipinski definition) is 5. The Morgan fingerprint density at radius 1 is 1.00 bits per heavy atom. The average molecular weight is 343 g/mol. The molecule has 1 aromatic heterocycles. The lowest BCUT2D eigenvalue weighted by molar-refractivity contribution is 0.324. The van der Waals surface area contributed by atoms with E-state index >= 15 is 0 Å². The number of nitrogens with two attached hydrogens (primary N) is 1. The van der Waals surface area contributed by atoms with Crippen molar-refractivity contribution in [1.82, 2.24) is 10.1 Å². The van der Waals surface area contributed by atoms with Gasteiger partial charge in [0.1, 0.15) is 0 Å². The third-order valence-electron chi connectivity index (χ3n) is 5.50. The number of thioether (sulfide) groups is 1. The van der Waals surface area contributed by atoms with Gasteiger partial charge in [0.2, 0.25) is 5.89 Å². The summed E-state index contributed by atoms with van der Waals surface area (Å²) < 4.78 is 5.68. The first-order valence-corrected chi connectivity index (χ1v) is 9.81. The Labute approximate surface area is 147 Å². The Balaban J connectivity index is 1.63. The van der Waals surface area contributed by atoms with Gasteiger partial charge in [0.25, 0.3) is 0 Å². The number of nitrogens with zero attached hydrogens (tertiary/aromatic N) is 2. The molecule has 2 aliphatic carbocycles. The number of aryl methyl sites for hydroxylation is 1. The lowest BCUT2D eigenvalue weighted by Crippen LogP contribution is -2.34. The molecule has 0 unspecified atom stereocenters. The van der Waals surface area contributed by atoms with Crippen LogP contribution in [0.2, 0.25) is 0 Å². The van der Waals surface area contributed by atoms with E-state index in [0.29, 0.717) is 5.82 Å². The van der Waals surface area contributed by atoms with Crippen molar-refractivity contribution in [2.24, 2.45) is 5.73 Å². The highest BCUT2D eigenvalue weighted by Gasteiger charge is 2.44. The van der Waals surface area contributed by atoms with E-state index in [-0.39, 0.29) is 10.3 Å². The van der Waals surface area contributed by atoms with Crippen LogP contribution in [0.1, 0.15) is 68.6 Å². The highest BCUT2D eigenvalue weighted by Crippen LogP contribution is 2.52. The standard InChI is InChI=1S/C19H25N3OS/c1-14-6-8-15(9-7-14)24-19(12-4-5-13-19)17-21-16(22-23-17)18(20)10-2-3-11-18/h6-9H,2-5,10-13,20H2,1H3. The van der Waals surface area contributed by atoms with Crippen LogP contribution in [0.15, 0.2) is 33.7 Å². The molecule has 0 radical (unpaired) electrons. The van der Waals surface area contributed by atoms with Gasteiger partial charge in [0.15, 0.2) is 5.82 Å². The van der Waals surface area contributed by atoms with Crippen LogP contribution in [0.5, 0.6) is 0 Å². The molecule has 0 amide bonds. The summed E-state index contributed by atoms with van der Waals surface area (Å²) in [4.78, 5) is 6.08. The van der Waals surface area contributed by atoms with Crippen molar-refractivity contribution in [3.05, 3.63) is 41.5 Å². The molecule has 1 aromatic carbocycles. The minimum absolute atomic E-state index is 0.0878. The summed E-state index contributed by atoms with van der Waals surface area (Å²) in [5, 5.41) is 4.29. The first kappa shape index (κ1) is 16.2. The Hall–Kier alpha value is -1.33. The van der Waals surface area contributed by atoms with Gasteiger partial charge in [-0.2, -0.15) is 4.98 Å². The molecule has 2 aliphatic rings. The maximum Gasteiger partial charge on any atom is 0.243 e. The second-order valence-electron chi connectivity index (χ2n) is 7.40. The van der Waals surface area contributed by atoms with E-state index < -0.39 is 0 Å². The van der Waals surface area contributed by atoms with Crippen molar-refractivity contribution in [3.63, 3.8) is 0 Å². The van der Waals surface area contributed by atoms with Gasteiger partial charge in [0.05, 0.1) is 10.3 Å².